The van der Waals surface area contributed by atoms with E-state index in [4.69, 9.17) is 23.2 Å². The number of anilines is 1. The lowest BCUT2D eigenvalue weighted by molar-refractivity contribution is 0.628. The molecule has 0 saturated carbocycles. The van der Waals surface area contributed by atoms with Crippen LogP contribution in [-0.2, 0) is 6.54 Å². The zero-order valence-electron chi connectivity index (χ0n) is 9.18. The molecular formula is C13H9BrCl2FN. The van der Waals surface area contributed by atoms with Gasteiger partial charge in [-0.1, -0.05) is 29.3 Å². The highest BCUT2D eigenvalue weighted by molar-refractivity contribution is 9.10. The summed E-state index contributed by atoms with van der Waals surface area (Å²) in [6.07, 6.45) is 0. The summed E-state index contributed by atoms with van der Waals surface area (Å²) in [6, 6.07) is 9.97. The maximum absolute atomic E-state index is 13.1. The quantitative estimate of drug-likeness (QED) is 0.771. The number of nitrogens with one attached hydrogen (secondary N) is 1. The van der Waals surface area contributed by atoms with Crippen molar-refractivity contribution in [1.82, 2.24) is 0 Å². The number of hydrogen-bond donors (Lipinski definition) is 1. The van der Waals surface area contributed by atoms with Crippen LogP contribution in [0.3, 0.4) is 0 Å². The largest absolute Gasteiger partial charge is 0.381 e. The average Bonchev–Trinajstić information content (AvgIpc) is 2.29. The third-order valence-electron chi connectivity index (χ3n) is 2.34. The molecule has 0 atom stereocenters. The summed E-state index contributed by atoms with van der Waals surface area (Å²) in [5.41, 5.74) is 1.68. The van der Waals surface area contributed by atoms with Gasteiger partial charge < -0.3 is 5.32 Å². The van der Waals surface area contributed by atoms with E-state index in [-0.39, 0.29) is 5.82 Å². The maximum Gasteiger partial charge on any atom is 0.126 e. The van der Waals surface area contributed by atoms with E-state index < -0.39 is 0 Å². The Kier molecular flexibility index (Phi) is 4.49. The third-order valence-corrected chi connectivity index (χ3v) is 3.78. The van der Waals surface area contributed by atoms with E-state index in [0.29, 0.717) is 22.3 Å². The summed E-state index contributed by atoms with van der Waals surface area (Å²) in [6.45, 7) is 0.565. The van der Waals surface area contributed by atoms with E-state index in [2.05, 4.69) is 21.2 Å². The second kappa shape index (κ2) is 5.91. The predicted octanol–water partition coefficient (Wildman–Crippen LogP) is 5.51. The van der Waals surface area contributed by atoms with Gasteiger partial charge in [0.05, 0.1) is 5.02 Å². The first-order valence-electron chi connectivity index (χ1n) is 5.18. The lowest BCUT2D eigenvalue weighted by Gasteiger charge is -2.08. The molecule has 18 heavy (non-hydrogen) atoms. The summed E-state index contributed by atoms with van der Waals surface area (Å²) in [5, 5.41) is 4.13. The van der Waals surface area contributed by atoms with Crippen LogP contribution >= 0.6 is 39.1 Å². The molecule has 0 amide bonds. The number of halogens is 4. The van der Waals surface area contributed by atoms with E-state index >= 15 is 0 Å². The normalized spacial score (nSPS) is 10.4. The first kappa shape index (κ1) is 13.7. The van der Waals surface area contributed by atoms with Crippen molar-refractivity contribution < 1.29 is 4.39 Å². The van der Waals surface area contributed by atoms with Crippen LogP contribution < -0.4 is 5.32 Å². The van der Waals surface area contributed by atoms with Gasteiger partial charge in [0.2, 0.25) is 0 Å². The van der Waals surface area contributed by atoms with Crippen molar-refractivity contribution in [1.29, 1.82) is 0 Å². The van der Waals surface area contributed by atoms with Crippen LogP contribution in [0, 0.1) is 5.82 Å². The van der Waals surface area contributed by atoms with Crippen LogP contribution in [0.5, 0.6) is 0 Å². The van der Waals surface area contributed by atoms with Gasteiger partial charge in [-0.15, -0.1) is 0 Å². The lowest BCUT2D eigenvalue weighted by atomic mass is 10.2. The predicted molar refractivity (Wildman–Crippen MR) is 77.9 cm³/mol. The molecule has 0 bridgehead atoms. The monoisotopic (exact) mass is 347 g/mol. The van der Waals surface area contributed by atoms with E-state index in [1.807, 2.05) is 12.1 Å². The Hall–Kier alpha value is -0.770. The van der Waals surface area contributed by atoms with Gasteiger partial charge in [-0.3, -0.25) is 0 Å². The van der Waals surface area contributed by atoms with Crippen LogP contribution in [0.15, 0.2) is 40.9 Å². The van der Waals surface area contributed by atoms with Gasteiger partial charge in [0.25, 0.3) is 0 Å². The average molecular weight is 349 g/mol. The molecule has 2 aromatic rings. The molecule has 94 valence electrons. The molecule has 2 rings (SSSR count). The first-order chi connectivity index (χ1) is 8.54. The second-order valence-electron chi connectivity index (χ2n) is 3.76. The van der Waals surface area contributed by atoms with Crippen LogP contribution in [0.25, 0.3) is 0 Å². The number of benzene rings is 2. The number of hydrogen-bond acceptors (Lipinski definition) is 1. The molecule has 0 aliphatic heterocycles. The maximum atomic E-state index is 13.1. The molecule has 0 heterocycles. The minimum absolute atomic E-state index is 0.359. The van der Waals surface area contributed by atoms with Crippen molar-refractivity contribution in [3.8, 4) is 0 Å². The fraction of sp³-hybridized carbons (Fsp3) is 0.0769. The Balaban J connectivity index is 2.08. The highest BCUT2D eigenvalue weighted by Gasteiger charge is 2.01. The standard InChI is InChI=1S/C13H9BrCl2FN/c14-12-3-8(1-2-13(12)16)7-18-11-5-9(15)4-10(17)6-11/h1-6,18H,7H2. The van der Waals surface area contributed by atoms with Gasteiger partial charge in [-0.2, -0.15) is 0 Å². The zero-order chi connectivity index (χ0) is 13.1. The Morgan fingerprint density at radius 1 is 1.11 bits per heavy atom. The molecule has 0 radical (unpaired) electrons. The summed E-state index contributed by atoms with van der Waals surface area (Å²) < 4.78 is 14.0. The van der Waals surface area contributed by atoms with E-state index in [0.717, 1.165) is 10.0 Å². The lowest BCUT2D eigenvalue weighted by Crippen LogP contribution is -1.99. The molecular weight excluding hydrogens is 340 g/mol. The minimum atomic E-state index is -0.359. The first-order valence-corrected chi connectivity index (χ1v) is 6.73. The fourth-order valence-corrected chi connectivity index (χ4v) is 2.28. The Morgan fingerprint density at radius 2 is 1.89 bits per heavy atom. The summed E-state index contributed by atoms with van der Waals surface area (Å²) in [5.74, 6) is -0.359. The molecule has 5 heteroatoms. The van der Waals surface area contributed by atoms with E-state index in [1.54, 1.807) is 12.1 Å². The summed E-state index contributed by atoms with van der Waals surface area (Å²) in [7, 11) is 0. The van der Waals surface area contributed by atoms with Crippen molar-refractivity contribution in [3.63, 3.8) is 0 Å². The molecule has 1 nitrogen and oxygen atoms in total. The fourth-order valence-electron chi connectivity index (χ4n) is 1.51. The van der Waals surface area contributed by atoms with Gasteiger partial charge in [-0.25, -0.2) is 4.39 Å². The van der Waals surface area contributed by atoms with Crippen LogP contribution in [-0.4, -0.2) is 0 Å². The van der Waals surface area contributed by atoms with Crippen LogP contribution in [0.4, 0.5) is 10.1 Å². The molecule has 0 aliphatic rings. The SMILES string of the molecule is Fc1cc(Cl)cc(NCc2ccc(Cl)c(Br)c2)c1. The van der Waals surface area contributed by atoms with Gasteiger partial charge >= 0.3 is 0 Å². The summed E-state index contributed by atoms with van der Waals surface area (Å²) in [4.78, 5) is 0. The second-order valence-corrected chi connectivity index (χ2v) is 5.46. The van der Waals surface area contributed by atoms with Crippen LogP contribution in [0.2, 0.25) is 10.0 Å². The molecule has 0 saturated heterocycles. The summed E-state index contributed by atoms with van der Waals surface area (Å²) >= 11 is 15.0. The van der Waals surface area contributed by atoms with Crippen molar-refractivity contribution >= 4 is 44.8 Å². The molecule has 0 spiro atoms. The third kappa shape index (κ3) is 3.61. The highest BCUT2D eigenvalue weighted by Crippen LogP contribution is 2.24. The van der Waals surface area contributed by atoms with Crippen molar-refractivity contribution in [2.24, 2.45) is 0 Å². The molecule has 0 unspecified atom stereocenters. The molecule has 1 N–H and O–H groups in total. The molecule has 0 aromatic heterocycles. The Labute approximate surface area is 123 Å². The van der Waals surface area contributed by atoms with Crippen molar-refractivity contribution in [3.05, 3.63) is 62.3 Å². The molecule has 0 aliphatic carbocycles. The molecule has 0 fully saturated rings. The van der Waals surface area contributed by atoms with Gasteiger partial charge in [-0.05, 0) is 51.8 Å². The van der Waals surface area contributed by atoms with Crippen LogP contribution in [0.1, 0.15) is 5.56 Å². The smallest absolute Gasteiger partial charge is 0.126 e. The van der Waals surface area contributed by atoms with E-state index in [1.165, 1.54) is 12.1 Å². The Bertz CT molecular complexity index is 555. The van der Waals surface area contributed by atoms with E-state index in [9.17, 15) is 4.39 Å². The molecule has 2 aromatic carbocycles. The van der Waals surface area contributed by atoms with Gasteiger partial charge in [0, 0.05) is 21.7 Å². The number of rotatable bonds is 3. The van der Waals surface area contributed by atoms with Crippen molar-refractivity contribution in [2.75, 3.05) is 5.32 Å². The highest BCUT2D eigenvalue weighted by atomic mass is 79.9. The van der Waals surface area contributed by atoms with Gasteiger partial charge in [0.15, 0.2) is 0 Å². The topological polar surface area (TPSA) is 12.0 Å². The minimum Gasteiger partial charge on any atom is -0.381 e. The van der Waals surface area contributed by atoms with Gasteiger partial charge in [0.1, 0.15) is 5.82 Å². The Morgan fingerprint density at radius 3 is 2.56 bits per heavy atom. The zero-order valence-corrected chi connectivity index (χ0v) is 12.3. The van der Waals surface area contributed by atoms with Crippen molar-refractivity contribution in [2.45, 2.75) is 6.54 Å².